The number of thiophene rings is 1. The van der Waals surface area contributed by atoms with Gasteiger partial charge in [-0.3, -0.25) is 9.80 Å². The number of alkyl halides is 6. The van der Waals surface area contributed by atoms with Crippen LogP contribution in [-0.2, 0) is 29.2 Å². The normalized spacial score (nSPS) is 19.0. The third kappa shape index (κ3) is 7.68. The zero-order chi connectivity index (χ0) is 35.1. The third-order valence-corrected chi connectivity index (χ3v) is 12.4. The Kier molecular flexibility index (Phi) is 9.90. The van der Waals surface area contributed by atoms with Gasteiger partial charge in [-0.1, -0.05) is 6.07 Å². The summed E-state index contributed by atoms with van der Waals surface area (Å²) < 4.78 is 93.4. The predicted molar refractivity (Wildman–Crippen MR) is 180 cm³/mol. The first-order chi connectivity index (χ1) is 23.1. The number of nitriles is 1. The highest BCUT2D eigenvalue weighted by molar-refractivity contribution is 7.98. The number of halogens is 6. The van der Waals surface area contributed by atoms with Crippen molar-refractivity contribution < 1.29 is 30.6 Å². The van der Waals surface area contributed by atoms with Crippen molar-refractivity contribution >= 4 is 53.9 Å². The minimum atomic E-state index is -4.88. The van der Waals surface area contributed by atoms with Crippen LogP contribution < -0.4 is 5.32 Å². The standard InChI is InChI=1S/C32H36F6N8OS2/c1-21-22(19-44-7-5-23(6-8-44)42-29-27-16-25(17-31(33,34)35)48-30(27)41-20-40-29)3-4-28-26(21)15-24(18-39)46(28)14-11-43-9-12-45(13-10-43)49(2,47)32(36,37)38/h3-4,15-16,20,23H,2,5-14,17,19H2,1H3,(H,40,41,42). The van der Waals surface area contributed by atoms with Gasteiger partial charge in [-0.15, -0.1) is 11.3 Å². The second-order valence-electron chi connectivity index (χ2n) is 12.6. The third-order valence-electron chi connectivity index (χ3n) is 9.41. The molecule has 4 aromatic rings. The van der Waals surface area contributed by atoms with Gasteiger partial charge < -0.3 is 9.88 Å². The van der Waals surface area contributed by atoms with Crippen molar-refractivity contribution in [3.63, 3.8) is 0 Å². The van der Waals surface area contributed by atoms with Crippen molar-refractivity contribution in [3.8, 4) is 6.07 Å². The van der Waals surface area contributed by atoms with E-state index in [0.29, 0.717) is 47.9 Å². The summed E-state index contributed by atoms with van der Waals surface area (Å²) in [5.41, 5.74) is -1.23. The van der Waals surface area contributed by atoms with Crippen molar-refractivity contribution in [2.24, 2.45) is 0 Å². The molecule has 0 radical (unpaired) electrons. The first-order valence-corrected chi connectivity index (χ1v) is 18.3. The Hall–Kier alpha value is -3.43. The minimum Gasteiger partial charge on any atom is -0.367 e. The molecule has 9 nitrogen and oxygen atoms in total. The van der Waals surface area contributed by atoms with Crippen molar-refractivity contribution in [2.75, 3.05) is 51.1 Å². The van der Waals surface area contributed by atoms with Gasteiger partial charge in [0.05, 0.1) is 11.8 Å². The van der Waals surface area contributed by atoms with Gasteiger partial charge in [0.15, 0.2) is 0 Å². The van der Waals surface area contributed by atoms with Crippen LogP contribution in [0.25, 0.3) is 21.1 Å². The highest BCUT2D eigenvalue weighted by atomic mass is 32.2. The van der Waals surface area contributed by atoms with E-state index in [9.17, 15) is 35.8 Å². The average Bonchev–Trinajstić information content (AvgIpc) is 3.62. The van der Waals surface area contributed by atoms with Crippen molar-refractivity contribution in [2.45, 2.75) is 57.0 Å². The molecule has 2 aliphatic heterocycles. The topological polar surface area (TPSA) is 93.3 Å². The maximum atomic E-state index is 13.2. The summed E-state index contributed by atoms with van der Waals surface area (Å²) in [6.45, 7) is 6.05. The Morgan fingerprint density at radius 3 is 2.37 bits per heavy atom. The molecule has 2 saturated heterocycles. The van der Waals surface area contributed by atoms with E-state index in [4.69, 9.17) is 0 Å². The fraction of sp³-hybridized carbons (Fsp3) is 0.500. The van der Waals surface area contributed by atoms with E-state index in [0.717, 1.165) is 70.1 Å². The predicted octanol–water partition coefficient (Wildman–Crippen LogP) is 5.78. The smallest absolute Gasteiger partial charge is 0.367 e. The summed E-state index contributed by atoms with van der Waals surface area (Å²) in [5.74, 6) is 3.51. The molecule has 0 saturated carbocycles. The fourth-order valence-corrected chi connectivity index (χ4v) is 8.71. The van der Waals surface area contributed by atoms with Crippen LogP contribution in [0.1, 0.15) is 34.5 Å². The van der Waals surface area contributed by atoms with Crippen molar-refractivity contribution in [1.82, 2.24) is 28.6 Å². The molecule has 17 heteroatoms. The molecule has 3 aromatic heterocycles. The van der Waals surface area contributed by atoms with Gasteiger partial charge in [0.25, 0.3) is 0 Å². The fourth-order valence-electron chi connectivity index (χ4n) is 6.64. The molecule has 1 N–H and O–H groups in total. The molecule has 2 aliphatic rings. The number of piperidine rings is 1. The molecular formula is C32H36F6N8OS2. The van der Waals surface area contributed by atoms with Gasteiger partial charge >= 0.3 is 11.7 Å². The maximum Gasteiger partial charge on any atom is 0.476 e. The average molecular weight is 727 g/mol. The Morgan fingerprint density at radius 1 is 1.00 bits per heavy atom. The van der Waals surface area contributed by atoms with Crippen LogP contribution in [0.15, 0.2) is 30.6 Å². The Bertz CT molecular complexity index is 1970. The lowest BCUT2D eigenvalue weighted by atomic mass is 10.0. The molecule has 1 aromatic carbocycles. The lowest BCUT2D eigenvalue weighted by molar-refractivity contribution is -0.126. The van der Waals surface area contributed by atoms with Gasteiger partial charge in [-0.05, 0) is 55.0 Å². The zero-order valence-corrected chi connectivity index (χ0v) is 28.4. The number of hydrogen-bond acceptors (Lipinski definition) is 8. The number of likely N-dealkylation sites (tertiary alicyclic amines) is 1. The number of nitrogens with zero attached hydrogens (tertiary/aromatic N) is 7. The summed E-state index contributed by atoms with van der Waals surface area (Å²) in [7, 11) is -4.35. The summed E-state index contributed by atoms with van der Waals surface area (Å²) >= 11 is 1.03. The van der Waals surface area contributed by atoms with Gasteiger partial charge in [-0.2, -0.15) is 31.6 Å². The summed E-state index contributed by atoms with van der Waals surface area (Å²) in [5, 5.41) is 14.9. The number of benzene rings is 1. The quantitative estimate of drug-likeness (QED) is 0.173. The zero-order valence-electron chi connectivity index (χ0n) is 26.8. The first kappa shape index (κ1) is 35.4. The Morgan fingerprint density at radius 2 is 1.71 bits per heavy atom. The van der Waals surface area contributed by atoms with Crippen LogP contribution in [0.4, 0.5) is 32.2 Å². The van der Waals surface area contributed by atoms with E-state index in [2.05, 4.69) is 38.2 Å². The highest BCUT2D eigenvalue weighted by Gasteiger charge is 2.44. The molecule has 49 heavy (non-hydrogen) atoms. The van der Waals surface area contributed by atoms with Gasteiger partial charge in [0.2, 0.25) is 0 Å². The Balaban J connectivity index is 1.05. The monoisotopic (exact) mass is 726 g/mol. The van der Waals surface area contributed by atoms with E-state index >= 15 is 0 Å². The number of anilines is 1. The van der Waals surface area contributed by atoms with E-state index in [1.165, 1.54) is 12.4 Å². The highest BCUT2D eigenvalue weighted by Crippen LogP contribution is 2.34. The van der Waals surface area contributed by atoms with Gasteiger partial charge in [-0.25, -0.2) is 18.5 Å². The maximum absolute atomic E-state index is 13.2. The summed E-state index contributed by atoms with van der Waals surface area (Å²) in [6.07, 6.45) is -2.23. The molecule has 0 bridgehead atoms. The minimum absolute atomic E-state index is 0.000450. The molecule has 0 aliphatic carbocycles. The van der Waals surface area contributed by atoms with Crippen molar-refractivity contribution in [1.29, 1.82) is 5.26 Å². The van der Waals surface area contributed by atoms with Crippen LogP contribution in [0.3, 0.4) is 0 Å². The second-order valence-corrected chi connectivity index (χ2v) is 15.9. The van der Waals surface area contributed by atoms with Crippen LogP contribution in [0.2, 0.25) is 0 Å². The molecular weight excluding hydrogens is 691 g/mol. The van der Waals surface area contributed by atoms with Gasteiger partial charge in [0, 0.05) is 80.7 Å². The molecule has 6 rings (SSSR count). The molecule has 264 valence electrons. The summed E-state index contributed by atoms with van der Waals surface area (Å²) in [6, 6.07) is 9.90. The number of fused-ring (bicyclic) bond motifs is 2. The number of nitrogens with one attached hydrogen (secondary N) is 1. The van der Waals surface area contributed by atoms with Crippen LogP contribution in [0, 0.1) is 18.3 Å². The molecule has 5 heterocycles. The lowest BCUT2D eigenvalue weighted by Gasteiger charge is -2.36. The number of aryl methyl sites for hydroxylation is 1. The van der Waals surface area contributed by atoms with E-state index in [-0.39, 0.29) is 24.0 Å². The first-order valence-electron chi connectivity index (χ1n) is 15.8. The van der Waals surface area contributed by atoms with E-state index in [1.807, 2.05) is 28.5 Å². The SMILES string of the molecule is C=S(=O)(N1CCN(CCn2c(C#N)cc3c(C)c(CN4CCC(Nc5ncnc6sc(CC(F)(F)F)cc56)CC4)ccc32)CC1)C(F)(F)F. The number of aromatic nitrogens is 3. The summed E-state index contributed by atoms with van der Waals surface area (Å²) in [4.78, 5) is 13.6. The van der Waals surface area contributed by atoms with Crippen LogP contribution in [0.5, 0.6) is 0 Å². The van der Waals surface area contributed by atoms with Crippen LogP contribution >= 0.6 is 11.3 Å². The number of piperazine rings is 1. The second kappa shape index (κ2) is 13.7. The number of rotatable bonds is 9. The molecule has 2 fully saturated rings. The number of hydrogen-bond donors (Lipinski definition) is 1. The molecule has 1 atom stereocenters. The molecule has 1 unspecified atom stereocenters. The Labute approximate surface area is 284 Å². The van der Waals surface area contributed by atoms with Crippen LogP contribution in [-0.4, -0.2) is 102 Å². The van der Waals surface area contributed by atoms with Crippen molar-refractivity contribution in [3.05, 3.63) is 52.3 Å². The largest absolute Gasteiger partial charge is 0.476 e. The van der Waals surface area contributed by atoms with E-state index in [1.54, 1.807) is 0 Å². The molecule has 0 spiro atoms. The van der Waals surface area contributed by atoms with E-state index < -0.39 is 27.8 Å². The molecule has 0 amide bonds. The van der Waals surface area contributed by atoms with Gasteiger partial charge in [0.1, 0.15) is 38.4 Å². The lowest BCUT2D eigenvalue weighted by Crippen LogP contribution is -2.52.